The maximum atomic E-state index is 13.8. The van der Waals surface area contributed by atoms with Gasteiger partial charge in [0.05, 0.1) is 6.61 Å². The second-order valence-electron chi connectivity index (χ2n) is 12.6. The van der Waals surface area contributed by atoms with Crippen LogP contribution in [0, 0.1) is 0 Å². The predicted octanol–water partition coefficient (Wildman–Crippen LogP) is 1.35. The van der Waals surface area contributed by atoms with Crippen LogP contribution in [0.2, 0.25) is 0 Å². The summed E-state index contributed by atoms with van der Waals surface area (Å²) >= 11 is 0. The molecule has 230 valence electrons. The Morgan fingerprint density at radius 1 is 0.927 bits per heavy atom. The van der Waals surface area contributed by atoms with Gasteiger partial charge in [0.15, 0.2) is 12.0 Å². The Balaban J connectivity index is 2.27. The number of nitrogens with zero attached hydrogens (tertiary/aromatic N) is 3. The van der Waals surface area contributed by atoms with Gasteiger partial charge in [-0.05, 0) is 62.3 Å². The molecule has 1 aromatic heterocycles. The van der Waals surface area contributed by atoms with Gasteiger partial charge in [-0.3, -0.25) is 10.1 Å². The van der Waals surface area contributed by atoms with Crippen LogP contribution in [-0.2, 0) is 18.9 Å². The van der Waals surface area contributed by atoms with E-state index in [1.165, 1.54) is 0 Å². The topological polar surface area (TPSA) is 211 Å². The summed E-state index contributed by atoms with van der Waals surface area (Å²) in [6.45, 7) is 13.5. The molecule has 1 fully saturated rings. The molecule has 1 saturated heterocycles. The Morgan fingerprint density at radius 3 is 1.98 bits per heavy atom. The molecular weight excluding hydrogens is 546 g/mol. The van der Waals surface area contributed by atoms with Gasteiger partial charge in [0.2, 0.25) is 5.95 Å². The number of aliphatic hydroxyl groups excluding tert-OH is 3. The molecule has 2 aliphatic rings. The number of aliphatic hydroxyl groups is 3. The van der Waals surface area contributed by atoms with Crippen molar-refractivity contribution in [1.82, 2.24) is 9.55 Å². The van der Waals surface area contributed by atoms with Crippen LogP contribution in [0.5, 0.6) is 0 Å². The fraction of sp³-hybridized carbons (Fsp3) is 0.720. The highest BCUT2D eigenvalue weighted by molar-refractivity contribution is 5.95. The Morgan fingerprint density at radius 2 is 1.46 bits per heavy atom. The second kappa shape index (κ2) is 11.1. The lowest BCUT2D eigenvalue weighted by Gasteiger charge is -2.49. The molecule has 0 unspecified atom stereocenters. The first kappa shape index (κ1) is 32.0. The summed E-state index contributed by atoms with van der Waals surface area (Å²) in [4.78, 5) is 58.2. The zero-order valence-electron chi connectivity index (χ0n) is 24.5. The van der Waals surface area contributed by atoms with Gasteiger partial charge in [0.1, 0.15) is 46.8 Å². The van der Waals surface area contributed by atoms with E-state index < -0.39 is 95.3 Å². The zero-order valence-corrected chi connectivity index (χ0v) is 24.5. The molecule has 0 bridgehead atoms. The Labute approximate surface area is 236 Å². The van der Waals surface area contributed by atoms with Crippen molar-refractivity contribution >= 4 is 35.7 Å². The van der Waals surface area contributed by atoms with Crippen molar-refractivity contribution < 1.29 is 48.7 Å². The maximum absolute atomic E-state index is 13.8. The normalized spacial score (nSPS) is 24.4. The number of nitrogens with one attached hydrogen (secondary N) is 2. The second-order valence-corrected chi connectivity index (χ2v) is 12.6. The van der Waals surface area contributed by atoms with Crippen LogP contribution in [0.1, 0.15) is 62.3 Å². The molecule has 41 heavy (non-hydrogen) atoms. The van der Waals surface area contributed by atoms with Gasteiger partial charge in [-0.15, -0.1) is 0 Å². The fourth-order valence-electron chi connectivity index (χ4n) is 4.03. The number of fused-ring (bicyclic) bond motifs is 2. The van der Waals surface area contributed by atoms with E-state index in [-0.39, 0.29) is 0 Å². The number of amides is 2. The van der Waals surface area contributed by atoms with Gasteiger partial charge in [0.25, 0.3) is 5.56 Å². The predicted molar refractivity (Wildman–Crippen MR) is 144 cm³/mol. The van der Waals surface area contributed by atoms with E-state index in [4.69, 9.17) is 18.9 Å². The highest BCUT2D eigenvalue weighted by Crippen LogP contribution is 2.37. The van der Waals surface area contributed by atoms with Crippen molar-refractivity contribution in [2.45, 2.75) is 110 Å². The van der Waals surface area contributed by atoms with Crippen molar-refractivity contribution in [3.63, 3.8) is 0 Å². The number of ether oxygens (including phenoxy) is 4. The molecule has 16 nitrogen and oxygen atoms in total. The van der Waals surface area contributed by atoms with Crippen molar-refractivity contribution in [2.75, 3.05) is 22.1 Å². The van der Waals surface area contributed by atoms with E-state index in [0.717, 1.165) is 4.90 Å². The molecule has 1 aromatic rings. The lowest BCUT2D eigenvalue weighted by molar-refractivity contribution is -0.185. The molecule has 2 amide bonds. The first-order chi connectivity index (χ1) is 18.6. The summed E-state index contributed by atoms with van der Waals surface area (Å²) < 4.78 is 22.3. The van der Waals surface area contributed by atoms with Crippen LogP contribution in [0.4, 0.5) is 31.8 Å². The molecule has 5 N–H and O–H groups in total. The number of carbonyl (C=O) groups excluding carboxylic acids is 3. The lowest BCUT2D eigenvalue weighted by Crippen LogP contribution is -2.69. The summed E-state index contributed by atoms with van der Waals surface area (Å²) in [5.74, 6) is -1.09. The average Bonchev–Trinajstić information content (AvgIpc) is 2.76. The number of hydrogen-bond donors (Lipinski definition) is 5. The number of anilines is 3. The summed E-state index contributed by atoms with van der Waals surface area (Å²) in [5, 5.41) is 36.0. The smallest absolute Gasteiger partial charge is 0.424 e. The molecule has 3 heterocycles. The van der Waals surface area contributed by atoms with Crippen LogP contribution in [0.25, 0.3) is 0 Å². The molecule has 2 aliphatic heterocycles. The van der Waals surface area contributed by atoms with Gasteiger partial charge >= 0.3 is 18.3 Å². The standard InChI is InChI=1S/C25H39N5O11/c1-23(2,3)39-20(35)28-19-27-16-13(17(34)30(19)22(37)41-25(7,8)9)26-12-15(33)14(32)11(10-31)38-18(12)29(16)21(36)40-24(4,5)6/h11-12,14-15,18,26,31-33H,10H2,1-9H3,(H,27,28,35)/t11-,12+,14+,15-,18-/m1/s1. The molecule has 0 aromatic carbocycles. The van der Waals surface area contributed by atoms with Gasteiger partial charge in [-0.25, -0.2) is 19.3 Å². The molecule has 0 saturated carbocycles. The van der Waals surface area contributed by atoms with E-state index in [9.17, 15) is 34.5 Å². The van der Waals surface area contributed by atoms with Gasteiger partial charge in [-0.2, -0.15) is 9.55 Å². The minimum Gasteiger partial charge on any atom is -0.444 e. The van der Waals surface area contributed by atoms with Gasteiger partial charge in [-0.1, -0.05) is 0 Å². The number of hydrogen-bond acceptors (Lipinski definition) is 13. The van der Waals surface area contributed by atoms with E-state index >= 15 is 0 Å². The van der Waals surface area contributed by atoms with Gasteiger partial charge in [0, 0.05) is 0 Å². The van der Waals surface area contributed by atoms with E-state index in [1.54, 1.807) is 62.3 Å². The van der Waals surface area contributed by atoms with Crippen LogP contribution in [-0.4, -0.2) is 97.1 Å². The van der Waals surface area contributed by atoms with E-state index in [2.05, 4.69) is 15.6 Å². The van der Waals surface area contributed by atoms with Crippen LogP contribution in [0.3, 0.4) is 0 Å². The molecule has 0 spiro atoms. The highest BCUT2D eigenvalue weighted by Gasteiger charge is 2.53. The van der Waals surface area contributed by atoms with Crippen molar-refractivity contribution in [3.8, 4) is 0 Å². The monoisotopic (exact) mass is 585 g/mol. The average molecular weight is 586 g/mol. The van der Waals surface area contributed by atoms with Crippen molar-refractivity contribution in [1.29, 1.82) is 0 Å². The number of rotatable bonds is 2. The maximum Gasteiger partial charge on any atom is 0.424 e. The summed E-state index contributed by atoms with van der Waals surface area (Å²) in [6, 6.07) is -1.33. The fourth-order valence-corrected chi connectivity index (χ4v) is 4.03. The van der Waals surface area contributed by atoms with Crippen LogP contribution < -0.4 is 21.1 Å². The lowest BCUT2D eigenvalue weighted by atomic mass is 9.94. The molecule has 5 atom stereocenters. The third kappa shape index (κ3) is 7.25. The summed E-state index contributed by atoms with van der Waals surface area (Å²) in [7, 11) is 0. The van der Waals surface area contributed by atoms with E-state index in [1.807, 2.05) is 0 Å². The minimum absolute atomic E-state index is 0.428. The van der Waals surface area contributed by atoms with Crippen molar-refractivity contribution in [2.24, 2.45) is 0 Å². The van der Waals surface area contributed by atoms with Crippen LogP contribution >= 0.6 is 0 Å². The Kier molecular flexibility index (Phi) is 8.66. The van der Waals surface area contributed by atoms with Gasteiger partial charge < -0.3 is 39.6 Å². The van der Waals surface area contributed by atoms with Crippen LogP contribution in [0.15, 0.2) is 4.79 Å². The Hall–Kier alpha value is -3.47. The SMILES string of the molecule is CC(C)(C)OC(=O)Nc1nc2c(c(=O)n1C(=O)OC(C)(C)C)N[C@H]1[C@@H](O)[C@@H](O)[C@@H](CO)O[C@H]1N2C(=O)OC(C)(C)C. The minimum atomic E-state index is -1.65. The molecule has 0 radical (unpaired) electrons. The zero-order chi connectivity index (χ0) is 31.2. The highest BCUT2D eigenvalue weighted by atomic mass is 16.6. The molecule has 3 rings (SSSR count). The first-order valence-corrected chi connectivity index (χ1v) is 12.9. The van der Waals surface area contributed by atoms with E-state index in [0.29, 0.717) is 4.57 Å². The molecule has 0 aliphatic carbocycles. The summed E-state index contributed by atoms with van der Waals surface area (Å²) in [5.41, 5.74) is -4.64. The van der Waals surface area contributed by atoms with Crippen molar-refractivity contribution in [3.05, 3.63) is 10.4 Å². The largest absolute Gasteiger partial charge is 0.444 e. The molecule has 16 heteroatoms. The number of carbonyl (C=O) groups is 3. The third-order valence-electron chi connectivity index (χ3n) is 5.54. The first-order valence-electron chi connectivity index (χ1n) is 12.9. The Bertz CT molecular complexity index is 1240. The molecular formula is C25H39N5O11. The number of aromatic nitrogens is 2. The third-order valence-corrected chi connectivity index (χ3v) is 5.54. The quantitative estimate of drug-likeness (QED) is 0.311. The summed E-state index contributed by atoms with van der Waals surface area (Å²) in [6.07, 6.45) is -9.38.